The molecule has 1 aliphatic rings. The van der Waals surface area contributed by atoms with E-state index in [1.165, 1.54) is 0 Å². The third-order valence-corrected chi connectivity index (χ3v) is 3.80. The summed E-state index contributed by atoms with van der Waals surface area (Å²) in [6.45, 7) is 5.61. The Morgan fingerprint density at radius 1 is 1.38 bits per heavy atom. The first kappa shape index (κ1) is 18.4. The van der Waals surface area contributed by atoms with Crippen LogP contribution >= 0.6 is 0 Å². The fraction of sp³-hybridized carbons (Fsp3) is 0.588. The Morgan fingerprint density at radius 3 is 2.67 bits per heavy atom. The maximum atomic E-state index is 12.4. The Hall–Kier alpha value is -1.92. The van der Waals surface area contributed by atoms with Crippen molar-refractivity contribution in [2.75, 3.05) is 13.2 Å². The second kappa shape index (κ2) is 7.77. The highest BCUT2D eigenvalue weighted by atomic mass is 19.4. The molecule has 0 aliphatic heterocycles. The number of nitrogens with zero attached hydrogens (tertiary/aromatic N) is 1. The molecule has 24 heavy (non-hydrogen) atoms. The van der Waals surface area contributed by atoms with E-state index in [0.717, 1.165) is 18.5 Å². The van der Waals surface area contributed by atoms with Gasteiger partial charge >= 0.3 is 6.18 Å². The van der Waals surface area contributed by atoms with Crippen molar-refractivity contribution >= 4 is 5.96 Å². The predicted octanol–water partition coefficient (Wildman–Crippen LogP) is 3.40. The molecule has 0 aromatic heterocycles. The number of guanidine groups is 1. The number of aryl methyl sites for hydroxylation is 1. The van der Waals surface area contributed by atoms with Crippen molar-refractivity contribution in [3.63, 3.8) is 0 Å². The molecule has 0 amide bonds. The van der Waals surface area contributed by atoms with Gasteiger partial charge in [-0.3, -0.25) is 0 Å². The highest BCUT2D eigenvalue weighted by Gasteiger charge is 2.33. The lowest BCUT2D eigenvalue weighted by atomic mass is 10.1. The largest absolute Gasteiger partial charge is 0.484 e. The van der Waals surface area contributed by atoms with Gasteiger partial charge in [-0.2, -0.15) is 13.2 Å². The van der Waals surface area contributed by atoms with Crippen LogP contribution in [0.4, 0.5) is 13.2 Å². The third-order valence-electron chi connectivity index (χ3n) is 3.80. The molecular formula is C17H24F3N3O. The average Bonchev–Trinajstić information content (AvgIpc) is 3.18. The molecule has 0 saturated heterocycles. The summed E-state index contributed by atoms with van der Waals surface area (Å²) in [5.41, 5.74) is 1.47. The van der Waals surface area contributed by atoms with Crippen LogP contribution < -0.4 is 15.4 Å². The smallest absolute Gasteiger partial charge is 0.422 e. The van der Waals surface area contributed by atoms with Gasteiger partial charge in [0, 0.05) is 18.2 Å². The molecule has 2 unspecified atom stereocenters. The highest BCUT2D eigenvalue weighted by molar-refractivity contribution is 5.80. The molecule has 134 valence electrons. The van der Waals surface area contributed by atoms with Crippen molar-refractivity contribution in [1.82, 2.24) is 10.6 Å². The first-order valence-electron chi connectivity index (χ1n) is 8.12. The van der Waals surface area contributed by atoms with Gasteiger partial charge in [0.25, 0.3) is 0 Å². The summed E-state index contributed by atoms with van der Waals surface area (Å²) in [5, 5.41) is 6.47. The van der Waals surface area contributed by atoms with Gasteiger partial charge in [-0.05, 0) is 37.8 Å². The minimum Gasteiger partial charge on any atom is -0.484 e. The van der Waals surface area contributed by atoms with Crippen molar-refractivity contribution in [2.24, 2.45) is 10.9 Å². The van der Waals surface area contributed by atoms with E-state index in [4.69, 9.17) is 4.74 Å². The van der Waals surface area contributed by atoms with E-state index >= 15 is 0 Å². The van der Waals surface area contributed by atoms with E-state index in [0.29, 0.717) is 23.5 Å². The number of benzene rings is 1. The summed E-state index contributed by atoms with van der Waals surface area (Å²) in [6, 6.07) is 5.63. The van der Waals surface area contributed by atoms with Crippen LogP contribution in [0, 0.1) is 12.8 Å². The molecule has 0 radical (unpaired) electrons. The lowest BCUT2D eigenvalue weighted by Crippen LogP contribution is -2.39. The van der Waals surface area contributed by atoms with E-state index in [9.17, 15) is 13.2 Å². The lowest BCUT2D eigenvalue weighted by molar-refractivity contribution is -0.153. The monoisotopic (exact) mass is 343 g/mol. The van der Waals surface area contributed by atoms with Crippen LogP contribution in [0.1, 0.15) is 31.4 Å². The molecule has 4 nitrogen and oxygen atoms in total. The minimum atomic E-state index is -4.36. The summed E-state index contributed by atoms with van der Waals surface area (Å²) >= 11 is 0. The molecule has 1 aromatic carbocycles. The Kier molecular flexibility index (Phi) is 5.96. The normalized spacial score (nSPS) is 20.7. The van der Waals surface area contributed by atoms with E-state index in [1.54, 1.807) is 12.1 Å². The number of halogens is 3. The summed E-state index contributed by atoms with van der Waals surface area (Å²) in [5.74, 6) is 1.53. The molecule has 0 spiro atoms. The van der Waals surface area contributed by atoms with Gasteiger partial charge in [-0.1, -0.05) is 19.1 Å². The van der Waals surface area contributed by atoms with Gasteiger partial charge in [0.05, 0.1) is 6.54 Å². The molecule has 0 bridgehead atoms. The summed E-state index contributed by atoms with van der Waals surface area (Å²) in [4.78, 5) is 4.47. The van der Waals surface area contributed by atoms with E-state index in [2.05, 4.69) is 22.5 Å². The molecular weight excluding hydrogens is 319 g/mol. The quantitative estimate of drug-likeness (QED) is 0.615. The molecule has 1 saturated carbocycles. The topological polar surface area (TPSA) is 45.7 Å². The van der Waals surface area contributed by atoms with Crippen LogP contribution in [0.15, 0.2) is 23.2 Å². The molecule has 1 aromatic rings. The summed E-state index contributed by atoms with van der Waals surface area (Å²) in [6.07, 6.45) is -3.25. The number of hydrogen-bond acceptors (Lipinski definition) is 2. The van der Waals surface area contributed by atoms with Crippen LogP contribution in [0.3, 0.4) is 0 Å². The second-order valence-corrected chi connectivity index (χ2v) is 6.17. The Bertz CT molecular complexity index is 587. The average molecular weight is 343 g/mol. The van der Waals surface area contributed by atoms with Gasteiger partial charge in [-0.25, -0.2) is 4.99 Å². The van der Waals surface area contributed by atoms with Gasteiger partial charge < -0.3 is 15.4 Å². The van der Waals surface area contributed by atoms with E-state index < -0.39 is 12.8 Å². The molecule has 2 atom stereocenters. The first-order valence-corrected chi connectivity index (χ1v) is 8.12. The Balaban J connectivity index is 2.07. The second-order valence-electron chi connectivity index (χ2n) is 6.17. The fourth-order valence-electron chi connectivity index (χ4n) is 2.27. The zero-order chi connectivity index (χ0) is 17.7. The van der Waals surface area contributed by atoms with Gasteiger partial charge in [0.15, 0.2) is 12.6 Å². The highest BCUT2D eigenvalue weighted by Crippen LogP contribution is 2.29. The molecule has 2 N–H and O–H groups in total. The van der Waals surface area contributed by atoms with Gasteiger partial charge in [0.1, 0.15) is 5.75 Å². The number of ether oxygens (including phenoxy) is 1. The van der Waals surface area contributed by atoms with Crippen LogP contribution in [0.5, 0.6) is 5.75 Å². The third kappa shape index (κ3) is 5.94. The number of hydrogen-bond donors (Lipinski definition) is 2. The van der Waals surface area contributed by atoms with E-state index in [-0.39, 0.29) is 12.3 Å². The van der Waals surface area contributed by atoms with Crippen LogP contribution in [-0.4, -0.2) is 31.3 Å². The predicted molar refractivity (Wildman–Crippen MR) is 88.2 cm³/mol. The molecule has 7 heteroatoms. The zero-order valence-electron chi connectivity index (χ0n) is 14.2. The molecule has 0 heterocycles. The Morgan fingerprint density at radius 2 is 2.08 bits per heavy atom. The van der Waals surface area contributed by atoms with Crippen LogP contribution in [0.2, 0.25) is 0 Å². The fourth-order valence-corrected chi connectivity index (χ4v) is 2.27. The number of aliphatic imine (C=N–C) groups is 1. The van der Waals surface area contributed by atoms with Crippen molar-refractivity contribution < 1.29 is 17.9 Å². The van der Waals surface area contributed by atoms with Crippen LogP contribution in [0.25, 0.3) is 0 Å². The van der Waals surface area contributed by atoms with Gasteiger partial charge in [-0.15, -0.1) is 0 Å². The van der Waals surface area contributed by atoms with Gasteiger partial charge in [0.2, 0.25) is 0 Å². The first-order chi connectivity index (χ1) is 11.3. The maximum Gasteiger partial charge on any atom is 0.422 e. The van der Waals surface area contributed by atoms with Crippen LogP contribution in [-0.2, 0) is 6.54 Å². The number of nitrogens with one attached hydrogen (secondary N) is 2. The standard InChI is InChI=1S/C17H24F3N3O/c1-4-21-16(23-14-8-12(14)3)22-9-13-6-5-11(2)7-15(13)24-10-17(18,19)20/h5-7,12,14H,4,8-10H2,1-3H3,(H2,21,22,23). The van der Waals surface area contributed by atoms with Crippen molar-refractivity contribution in [3.8, 4) is 5.75 Å². The molecule has 1 fully saturated rings. The summed E-state index contributed by atoms with van der Waals surface area (Å²) in [7, 11) is 0. The van der Waals surface area contributed by atoms with Crippen molar-refractivity contribution in [3.05, 3.63) is 29.3 Å². The van der Waals surface area contributed by atoms with Crippen molar-refractivity contribution in [2.45, 2.75) is 46.0 Å². The lowest BCUT2D eigenvalue weighted by Gasteiger charge is -2.14. The number of alkyl halides is 3. The minimum absolute atomic E-state index is 0.228. The summed E-state index contributed by atoms with van der Waals surface area (Å²) < 4.78 is 42.2. The number of rotatable bonds is 6. The maximum absolute atomic E-state index is 12.4. The molecule has 1 aliphatic carbocycles. The van der Waals surface area contributed by atoms with E-state index in [1.807, 2.05) is 19.9 Å². The SMILES string of the molecule is CCNC(=NCc1ccc(C)cc1OCC(F)(F)F)NC1CC1C. The Labute approximate surface area is 140 Å². The zero-order valence-corrected chi connectivity index (χ0v) is 14.2. The molecule has 2 rings (SSSR count). The van der Waals surface area contributed by atoms with Crippen molar-refractivity contribution in [1.29, 1.82) is 0 Å².